The fourth-order valence-corrected chi connectivity index (χ4v) is 2.91. The number of esters is 1. The fraction of sp³-hybridized carbons (Fsp3) is 0.533. The number of aryl methyl sites for hydroxylation is 1. The van der Waals surface area contributed by atoms with Crippen LogP contribution in [0.3, 0.4) is 0 Å². The van der Waals surface area contributed by atoms with Crippen molar-refractivity contribution in [1.82, 2.24) is 9.55 Å². The predicted molar refractivity (Wildman–Crippen MR) is 83.8 cm³/mol. The standard InChI is InChI=1S/C15H20N2O3S/c1-4-6-7-20-15(19)10(3)17-9-16-13-12(14(17)18)8-11(5-2)21-13/h8-10H,4-7H2,1-3H3/t10-/m1/s1. The van der Waals surface area contributed by atoms with E-state index < -0.39 is 12.0 Å². The van der Waals surface area contributed by atoms with Gasteiger partial charge in [0.2, 0.25) is 0 Å². The van der Waals surface area contributed by atoms with Crippen molar-refractivity contribution in [3.63, 3.8) is 0 Å². The molecule has 0 aromatic carbocycles. The molecule has 0 spiro atoms. The molecule has 114 valence electrons. The van der Waals surface area contributed by atoms with E-state index in [0.29, 0.717) is 12.0 Å². The van der Waals surface area contributed by atoms with E-state index in [1.54, 1.807) is 6.92 Å². The molecule has 0 unspecified atom stereocenters. The Hall–Kier alpha value is -1.69. The first-order valence-electron chi connectivity index (χ1n) is 7.24. The van der Waals surface area contributed by atoms with Crippen LogP contribution in [-0.2, 0) is 16.0 Å². The summed E-state index contributed by atoms with van der Waals surface area (Å²) in [7, 11) is 0. The lowest BCUT2D eigenvalue weighted by atomic mass is 10.3. The molecular formula is C15H20N2O3S. The van der Waals surface area contributed by atoms with Gasteiger partial charge in [0.15, 0.2) is 0 Å². The van der Waals surface area contributed by atoms with Crippen molar-refractivity contribution in [3.8, 4) is 0 Å². The Balaban J connectivity index is 2.27. The summed E-state index contributed by atoms with van der Waals surface area (Å²) in [5.41, 5.74) is -0.184. The first-order chi connectivity index (χ1) is 10.1. The van der Waals surface area contributed by atoms with Crippen LogP contribution in [0.25, 0.3) is 10.2 Å². The SMILES string of the molecule is CCCCOC(=O)[C@@H](C)n1cnc2sc(CC)cc2c1=O. The topological polar surface area (TPSA) is 61.2 Å². The number of rotatable bonds is 6. The second kappa shape index (κ2) is 6.85. The maximum Gasteiger partial charge on any atom is 0.328 e. The molecule has 0 aliphatic rings. The number of nitrogens with zero attached hydrogens (tertiary/aromatic N) is 2. The first kappa shape index (κ1) is 15.7. The number of unbranched alkanes of at least 4 members (excludes halogenated alkanes) is 1. The minimum Gasteiger partial charge on any atom is -0.464 e. The van der Waals surface area contributed by atoms with Gasteiger partial charge in [-0.05, 0) is 25.8 Å². The maximum absolute atomic E-state index is 12.5. The molecule has 0 aliphatic heterocycles. The first-order valence-corrected chi connectivity index (χ1v) is 8.06. The van der Waals surface area contributed by atoms with Gasteiger partial charge in [0, 0.05) is 4.88 Å². The molecule has 0 saturated carbocycles. The van der Waals surface area contributed by atoms with Crippen LogP contribution in [-0.4, -0.2) is 22.1 Å². The molecule has 0 fully saturated rings. The normalized spacial score (nSPS) is 12.5. The minimum atomic E-state index is -0.656. The number of fused-ring (bicyclic) bond motifs is 1. The zero-order valence-corrected chi connectivity index (χ0v) is 13.4. The Morgan fingerprint density at radius 3 is 2.90 bits per heavy atom. The largest absolute Gasteiger partial charge is 0.464 e. The second-order valence-corrected chi connectivity index (χ2v) is 6.05. The van der Waals surface area contributed by atoms with Gasteiger partial charge in [-0.2, -0.15) is 0 Å². The lowest BCUT2D eigenvalue weighted by molar-refractivity contribution is -0.147. The number of hydrogen-bond donors (Lipinski definition) is 0. The van der Waals surface area contributed by atoms with Crippen molar-refractivity contribution in [2.75, 3.05) is 6.61 Å². The highest BCUT2D eigenvalue weighted by Crippen LogP contribution is 2.21. The summed E-state index contributed by atoms with van der Waals surface area (Å²) < 4.78 is 6.52. The van der Waals surface area contributed by atoms with Crippen molar-refractivity contribution >= 4 is 27.5 Å². The summed E-state index contributed by atoms with van der Waals surface area (Å²) in [4.78, 5) is 30.5. The third-order valence-electron chi connectivity index (χ3n) is 3.38. The van der Waals surface area contributed by atoms with Gasteiger partial charge in [-0.15, -0.1) is 11.3 Å². The second-order valence-electron chi connectivity index (χ2n) is 4.94. The molecule has 2 rings (SSSR count). The Morgan fingerprint density at radius 1 is 1.48 bits per heavy atom. The number of carbonyl (C=O) groups is 1. The third-order valence-corrected chi connectivity index (χ3v) is 4.56. The van der Waals surface area contributed by atoms with Gasteiger partial charge in [0.1, 0.15) is 10.9 Å². The van der Waals surface area contributed by atoms with Crippen molar-refractivity contribution in [2.45, 2.75) is 46.1 Å². The molecule has 5 nitrogen and oxygen atoms in total. The molecule has 2 heterocycles. The van der Waals surface area contributed by atoms with Gasteiger partial charge in [-0.25, -0.2) is 9.78 Å². The third kappa shape index (κ3) is 3.32. The average molecular weight is 308 g/mol. The zero-order chi connectivity index (χ0) is 15.4. The molecule has 0 aliphatic carbocycles. The molecule has 6 heteroatoms. The van der Waals surface area contributed by atoms with Gasteiger partial charge in [-0.1, -0.05) is 20.3 Å². The summed E-state index contributed by atoms with van der Waals surface area (Å²) in [5, 5.41) is 0.576. The van der Waals surface area contributed by atoms with E-state index in [4.69, 9.17) is 4.74 Å². The maximum atomic E-state index is 12.5. The van der Waals surface area contributed by atoms with Crippen LogP contribution < -0.4 is 5.56 Å². The summed E-state index contributed by atoms with van der Waals surface area (Å²) in [6, 6.07) is 1.21. The molecule has 0 saturated heterocycles. The number of aromatic nitrogens is 2. The molecule has 0 N–H and O–H groups in total. The van der Waals surface area contributed by atoms with Gasteiger partial charge in [0.05, 0.1) is 18.3 Å². The van der Waals surface area contributed by atoms with Crippen LogP contribution in [0.15, 0.2) is 17.2 Å². The number of hydrogen-bond acceptors (Lipinski definition) is 5. The van der Waals surface area contributed by atoms with E-state index in [1.807, 2.05) is 19.9 Å². The molecule has 1 atom stereocenters. The highest BCUT2D eigenvalue weighted by Gasteiger charge is 2.19. The quantitative estimate of drug-likeness (QED) is 0.608. The Labute approximate surface area is 127 Å². The van der Waals surface area contributed by atoms with E-state index in [0.717, 1.165) is 29.0 Å². The summed E-state index contributed by atoms with van der Waals surface area (Å²) in [6.45, 7) is 6.12. The predicted octanol–water partition coefficient (Wildman–Crippen LogP) is 2.92. The van der Waals surface area contributed by atoms with Crippen LogP contribution >= 0.6 is 11.3 Å². The van der Waals surface area contributed by atoms with Gasteiger partial charge in [-0.3, -0.25) is 9.36 Å². The van der Waals surface area contributed by atoms with Crippen LogP contribution in [0.2, 0.25) is 0 Å². The number of ether oxygens (including phenoxy) is 1. The van der Waals surface area contributed by atoms with E-state index in [2.05, 4.69) is 4.98 Å². The molecule has 2 aromatic rings. The molecule has 0 radical (unpaired) electrons. The van der Waals surface area contributed by atoms with Crippen molar-refractivity contribution in [1.29, 1.82) is 0 Å². The van der Waals surface area contributed by atoms with Crippen molar-refractivity contribution < 1.29 is 9.53 Å². The van der Waals surface area contributed by atoms with Gasteiger partial charge < -0.3 is 4.74 Å². The van der Waals surface area contributed by atoms with Crippen molar-refractivity contribution in [3.05, 3.63) is 27.6 Å². The van der Waals surface area contributed by atoms with E-state index in [9.17, 15) is 9.59 Å². The van der Waals surface area contributed by atoms with Gasteiger partial charge in [0.25, 0.3) is 5.56 Å². The highest BCUT2D eigenvalue weighted by atomic mass is 32.1. The lowest BCUT2D eigenvalue weighted by Crippen LogP contribution is -2.29. The average Bonchev–Trinajstić information content (AvgIpc) is 2.91. The zero-order valence-electron chi connectivity index (χ0n) is 12.6. The summed E-state index contributed by atoms with van der Waals surface area (Å²) in [5.74, 6) is -0.391. The Bertz CT molecular complexity index is 690. The van der Waals surface area contributed by atoms with Gasteiger partial charge >= 0.3 is 5.97 Å². The monoisotopic (exact) mass is 308 g/mol. The molecule has 2 aromatic heterocycles. The molecule has 0 amide bonds. The number of thiophene rings is 1. The Morgan fingerprint density at radius 2 is 2.24 bits per heavy atom. The Kier molecular flexibility index (Phi) is 5.12. The van der Waals surface area contributed by atoms with Crippen LogP contribution in [0.5, 0.6) is 0 Å². The summed E-state index contributed by atoms with van der Waals surface area (Å²) in [6.07, 6.45) is 4.10. The molecule has 0 bridgehead atoms. The molecular weight excluding hydrogens is 288 g/mol. The minimum absolute atomic E-state index is 0.184. The fourth-order valence-electron chi connectivity index (χ4n) is 1.99. The van der Waals surface area contributed by atoms with Crippen LogP contribution in [0.1, 0.15) is 44.5 Å². The van der Waals surface area contributed by atoms with E-state index in [1.165, 1.54) is 22.2 Å². The lowest BCUT2D eigenvalue weighted by Gasteiger charge is -2.13. The molecule has 21 heavy (non-hydrogen) atoms. The van der Waals surface area contributed by atoms with Crippen molar-refractivity contribution in [2.24, 2.45) is 0 Å². The van der Waals surface area contributed by atoms with Crippen LogP contribution in [0.4, 0.5) is 0 Å². The van der Waals surface area contributed by atoms with E-state index >= 15 is 0 Å². The number of carbonyl (C=O) groups excluding carboxylic acids is 1. The smallest absolute Gasteiger partial charge is 0.328 e. The van der Waals surface area contributed by atoms with E-state index in [-0.39, 0.29) is 5.56 Å². The summed E-state index contributed by atoms with van der Waals surface area (Å²) >= 11 is 1.52. The highest BCUT2D eigenvalue weighted by molar-refractivity contribution is 7.18. The van der Waals surface area contributed by atoms with Crippen LogP contribution in [0, 0.1) is 0 Å².